The van der Waals surface area contributed by atoms with Crippen LogP contribution in [0.15, 0.2) is 39.1 Å². The van der Waals surface area contributed by atoms with Gasteiger partial charge in [0.25, 0.3) is 5.89 Å². The first kappa shape index (κ1) is 15.0. The lowest BCUT2D eigenvalue weighted by atomic mass is 10.2. The largest absolute Gasteiger partial charge is 0.472 e. The second kappa shape index (κ2) is 6.54. The highest BCUT2D eigenvalue weighted by molar-refractivity contribution is 7.13. The predicted molar refractivity (Wildman–Crippen MR) is 86.2 cm³/mol. The fraction of sp³-hybridized carbons (Fsp3) is 0.333. The third kappa shape index (κ3) is 3.08. The number of carbonyl (C=O) groups excluding carboxylic acids is 1. The molecule has 3 aromatic heterocycles. The molecule has 0 aromatic carbocycles. The number of thiazole rings is 1. The van der Waals surface area contributed by atoms with E-state index in [1.165, 1.54) is 11.3 Å². The molecule has 1 atom stereocenters. The predicted octanol–water partition coefficient (Wildman–Crippen LogP) is 2.39. The monoisotopic (exact) mass is 345 g/mol. The minimum atomic E-state index is -0.204. The molecule has 0 spiro atoms. The zero-order chi connectivity index (χ0) is 16.4. The normalized spacial score (nSPS) is 18.1. The summed E-state index contributed by atoms with van der Waals surface area (Å²) in [5, 5.41) is 9.30. The minimum Gasteiger partial charge on any atom is -0.472 e. The SMILES string of the molecule is O=C(Nc1nccs1)[C@H]1CCCN1Cc1noc(-c2ccoc2)n1. The van der Waals surface area contributed by atoms with E-state index >= 15 is 0 Å². The standard InChI is InChI=1S/C15H15N5O3S/c21-13(18-15-16-4-7-24-15)11-2-1-5-20(11)8-12-17-14(23-19-12)10-3-6-22-9-10/h3-4,6-7,9,11H,1-2,5,8H2,(H,16,18,21)/t11-/m1/s1. The smallest absolute Gasteiger partial charge is 0.261 e. The molecule has 1 aliphatic rings. The van der Waals surface area contributed by atoms with Crippen LogP contribution in [0.25, 0.3) is 11.5 Å². The van der Waals surface area contributed by atoms with E-state index in [-0.39, 0.29) is 11.9 Å². The fourth-order valence-electron chi connectivity index (χ4n) is 2.79. The Kier molecular flexibility index (Phi) is 4.09. The second-order valence-corrected chi connectivity index (χ2v) is 6.38. The molecular weight excluding hydrogens is 330 g/mol. The summed E-state index contributed by atoms with van der Waals surface area (Å²) in [6, 6.07) is 1.56. The van der Waals surface area contributed by atoms with Gasteiger partial charge in [-0.05, 0) is 25.5 Å². The van der Waals surface area contributed by atoms with Crippen molar-refractivity contribution in [1.82, 2.24) is 20.0 Å². The molecule has 124 valence electrons. The number of rotatable bonds is 5. The summed E-state index contributed by atoms with van der Waals surface area (Å²) in [5.41, 5.74) is 0.744. The van der Waals surface area contributed by atoms with Gasteiger partial charge in [0, 0.05) is 11.6 Å². The van der Waals surface area contributed by atoms with Gasteiger partial charge in [-0.25, -0.2) is 4.98 Å². The van der Waals surface area contributed by atoms with Crippen LogP contribution in [0.4, 0.5) is 5.13 Å². The van der Waals surface area contributed by atoms with Crippen LogP contribution >= 0.6 is 11.3 Å². The van der Waals surface area contributed by atoms with Crippen LogP contribution in [-0.2, 0) is 11.3 Å². The summed E-state index contributed by atoms with van der Waals surface area (Å²) in [4.78, 5) is 23.0. The molecular formula is C15H15N5O3S. The number of furan rings is 1. The maximum Gasteiger partial charge on any atom is 0.261 e. The molecule has 1 saturated heterocycles. The molecule has 0 unspecified atom stereocenters. The number of amides is 1. The summed E-state index contributed by atoms with van der Waals surface area (Å²) in [5.74, 6) is 0.933. The quantitative estimate of drug-likeness (QED) is 0.758. The number of aromatic nitrogens is 3. The van der Waals surface area contributed by atoms with Crippen molar-refractivity contribution >= 4 is 22.4 Å². The van der Waals surface area contributed by atoms with E-state index in [1.807, 2.05) is 5.38 Å². The molecule has 0 saturated carbocycles. The maximum absolute atomic E-state index is 12.4. The van der Waals surface area contributed by atoms with Crippen LogP contribution < -0.4 is 5.32 Å². The van der Waals surface area contributed by atoms with E-state index in [1.54, 1.807) is 24.8 Å². The van der Waals surface area contributed by atoms with Gasteiger partial charge in [-0.2, -0.15) is 4.98 Å². The van der Waals surface area contributed by atoms with Crippen molar-refractivity contribution in [3.05, 3.63) is 36.0 Å². The van der Waals surface area contributed by atoms with Gasteiger partial charge < -0.3 is 14.3 Å². The van der Waals surface area contributed by atoms with Gasteiger partial charge >= 0.3 is 0 Å². The van der Waals surface area contributed by atoms with Crippen molar-refractivity contribution in [1.29, 1.82) is 0 Å². The van der Waals surface area contributed by atoms with Crippen molar-refractivity contribution in [2.24, 2.45) is 0 Å². The highest BCUT2D eigenvalue weighted by Gasteiger charge is 2.32. The zero-order valence-corrected chi connectivity index (χ0v) is 13.5. The number of likely N-dealkylation sites (tertiary alicyclic amines) is 1. The van der Waals surface area contributed by atoms with Crippen LogP contribution in [0.2, 0.25) is 0 Å². The van der Waals surface area contributed by atoms with Crippen molar-refractivity contribution in [2.45, 2.75) is 25.4 Å². The van der Waals surface area contributed by atoms with Crippen molar-refractivity contribution in [3.8, 4) is 11.5 Å². The molecule has 4 heterocycles. The summed E-state index contributed by atoms with van der Waals surface area (Å²) in [6.45, 7) is 1.29. The third-order valence-corrected chi connectivity index (χ3v) is 4.60. The number of hydrogen-bond donors (Lipinski definition) is 1. The summed E-state index contributed by atoms with van der Waals surface area (Å²) >= 11 is 1.41. The van der Waals surface area contributed by atoms with Crippen LogP contribution in [0.5, 0.6) is 0 Å². The maximum atomic E-state index is 12.4. The van der Waals surface area contributed by atoms with Crippen molar-refractivity contribution < 1.29 is 13.7 Å². The molecule has 1 aliphatic heterocycles. The average molecular weight is 345 g/mol. The average Bonchev–Trinajstić information content (AvgIpc) is 3.36. The Hall–Kier alpha value is -2.52. The molecule has 8 nitrogen and oxygen atoms in total. The fourth-order valence-corrected chi connectivity index (χ4v) is 3.32. The van der Waals surface area contributed by atoms with Gasteiger partial charge in [0.05, 0.1) is 24.4 Å². The van der Waals surface area contributed by atoms with Crippen LogP contribution in [0.3, 0.4) is 0 Å². The Morgan fingerprint density at radius 1 is 1.50 bits per heavy atom. The third-order valence-electron chi connectivity index (χ3n) is 3.91. The summed E-state index contributed by atoms with van der Waals surface area (Å²) in [7, 11) is 0. The van der Waals surface area contributed by atoms with E-state index in [0.29, 0.717) is 23.4 Å². The highest BCUT2D eigenvalue weighted by atomic mass is 32.1. The molecule has 24 heavy (non-hydrogen) atoms. The Morgan fingerprint density at radius 2 is 2.46 bits per heavy atom. The van der Waals surface area contributed by atoms with Crippen molar-refractivity contribution in [3.63, 3.8) is 0 Å². The summed E-state index contributed by atoms with van der Waals surface area (Å²) < 4.78 is 10.3. The first-order valence-corrected chi connectivity index (χ1v) is 8.47. The lowest BCUT2D eigenvalue weighted by molar-refractivity contribution is -0.120. The van der Waals surface area contributed by atoms with Crippen LogP contribution in [-0.4, -0.2) is 38.5 Å². The number of nitrogens with zero attached hydrogens (tertiary/aromatic N) is 4. The van der Waals surface area contributed by atoms with E-state index in [9.17, 15) is 4.79 Å². The Morgan fingerprint density at radius 3 is 3.25 bits per heavy atom. The van der Waals surface area contributed by atoms with Gasteiger partial charge in [-0.3, -0.25) is 9.69 Å². The highest BCUT2D eigenvalue weighted by Crippen LogP contribution is 2.23. The molecule has 0 radical (unpaired) electrons. The molecule has 1 N–H and O–H groups in total. The number of nitrogens with one attached hydrogen (secondary N) is 1. The van der Waals surface area contributed by atoms with Gasteiger partial charge in [-0.1, -0.05) is 5.16 Å². The first-order chi connectivity index (χ1) is 11.8. The minimum absolute atomic E-state index is 0.0407. The number of anilines is 1. The Balaban J connectivity index is 1.42. The van der Waals surface area contributed by atoms with Gasteiger partial charge in [-0.15, -0.1) is 11.3 Å². The first-order valence-electron chi connectivity index (χ1n) is 7.59. The van der Waals surface area contributed by atoms with Gasteiger partial charge in [0.1, 0.15) is 6.26 Å². The molecule has 4 rings (SSSR count). The van der Waals surface area contributed by atoms with Gasteiger partial charge in [0.15, 0.2) is 11.0 Å². The molecule has 1 amide bonds. The van der Waals surface area contributed by atoms with E-state index in [4.69, 9.17) is 8.94 Å². The Labute approximate surface area is 141 Å². The van der Waals surface area contributed by atoms with Crippen LogP contribution in [0.1, 0.15) is 18.7 Å². The number of carbonyl (C=O) groups is 1. The van der Waals surface area contributed by atoms with Crippen molar-refractivity contribution in [2.75, 3.05) is 11.9 Å². The Bertz CT molecular complexity index is 799. The van der Waals surface area contributed by atoms with E-state index < -0.39 is 0 Å². The lowest BCUT2D eigenvalue weighted by Gasteiger charge is -2.21. The molecule has 3 aromatic rings. The molecule has 9 heteroatoms. The molecule has 0 aliphatic carbocycles. The van der Waals surface area contributed by atoms with Gasteiger partial charge in [0.2, 0.25) is 5.91 Å². The number of hydrogen-bond acceptors (Lipinski definition) is 8. The summed E-state index contributed by atoms with van der Waals surface area (Å²) in [6.07, 6.45) is 6.55. The second-order valence-electron chi connectivity index (χ2n) is 5.48. The lowest BCUT2D eigenvalue weighted by Crippen LogP contribution is -2.39. The topological polar surface area (TPSA) is 97.3 Å². The van der Waals surface area contributed by atoms with E-state index in [2.05, 4.69) is 25.3 Å². The molecule has 0 bridgehead atoms. The van der Waals surface area contributed by atoms with E-state index in [0.717, 1.165) is 24.9 Å². The van der Waals surface area contributed by atoms with Crippen LogP contribution in [0, 0.1) is 0 Å². The zero-order valence-electron chi connectivity index (χ0n) is 12.7. The molecule has 1 fully saturated rings.